The van der Waals surface area contributed by atoms with Crippen molar-refractivity contribution in [2.45, 2.75) is 25.7 Å². The zero-order valence-electron chi connectivity index (χ0n) is 5.64. The van der Waals surface area contributed by atoms with E-state index in [4.69, 9.17) is 0 Å². The van der Waals surface area contributed by atoms with Crippen LogP contribution in [0.15, 0.2) is 0 Å². The first-order chi connectivity index (χ1) is 4.79. The van der Waals surface area contributed by atoms with Crippen LogP contribution in [0.4, 0.5) is 0 Å². The van der Waals surface area contributed by atoms with Gasteiger partial charge in [0.2, 0.25) is 11.8 Å². The molecule has 0 unspecified atom stereocenters. The highest BCUT2D eigenvalue weighted by Crippen LogP contribution is 2.00. The summed E-state index contributed by atoms with van der Waals surface area (Å²) in [6, 6.07) is 0. The number of amides is 2. The molecular weight excluding hydrogens is 132 g/mol. The van der Waals surface area contributed by atoms with Crippen molar-refractivity contribution in [2.75, 3.05) is 0 Å². The maximum absolute atomic E-state index is 10.7. The van der Waals surface area contributed by atoms with Gasteiger partial charge in [0.1, 0.15) is 0 Å². The van der Waals surface area contributed by atoms with Gasteiger partial charge in [-0.05, 0) is 12.8 Å². The van der Waals surface area contributed by atoms with Crippen LogP contribution >= 0.6 is 0 Å². The fourth-order valence-corrected chi connectivity index (χ4v) is 0.836. The lowest BCUT2D eigenvalue weighted by molar-refractivity contribution is -0.130. The molecule has 0 saturated carbocycles. The Labute approximate surface area is 59.0 Å². The lowest BCUT2D eigenvalue weighted by Crippen LogP contribution is -2.42. The first kappa shape index (κ1) is 7.05. The van der Waals surface area contributed by atoms with Gasteiger partial charge in [-0.25, -0.2) is 0 Å². The van der Waals surface area contributed by atoms with E-state index in [0.29, 0.717) is 12.8 Å². The van der Waals surface area contributed by atoms with Gasteiger partial charge < -0.3 is 0 Å². The summed E-state index contributed by atoms with van der Waals surface area (Å²) in [6.45, 7) is 0. The van der Waals surface area contributed by atoms with Crippen molar-refractivity contribution in [3.05, 3.63) is 0 Å². The van der Waals surface area contributed by atoms with Gasteiger partial charge in [0.15, 0.2) is 0 Å². The Balaban J connectivity index is 2.36. The normalized spacial score (nSPS) is 20.4. The van der Waals surface area contributed by atoms with Crippen molar-refractivity contribution in [3.63, 3.8) is 0 Å². The number of carbonyl (C=O) groups is 2. The number of nitrogens with one attached hydrogen (secondary N) is 2. The molecule has 1 aliphatic rings. The molecular formula is C6H10N2O2. The monoisotopic (exact) mass is 142 g/mol. The van der Waals surface area contributed by atoms with Gasteiger partial charge in [0, 0.05) is 12.8 Å². The summed E-state index contributed by atoms with van der Waals surface area (Å²) in [4.78, 5) is 21.3. The number of carbonyl (C=O) groups excluding carboxylic acids is 2. The van der Waals surface area contributed by atoms with E-state index >= 15 is 0 Å². The standard InChI is InChI=1S/C6H10N2O2/c9-5-3-1-2-4-6(10)8-7-5/h1-4H2,(H,7,9)(H,8,10). The lowest BCUT2D eigenvalue weighted by Gasteiger charge is -2.09. The topological polar surface area (TPSA) is 58.2 Å². The van der Waals surface area contributed by atoms with Crippen LogP contribution in [0.3, 0.4) is 0 Å². The number of hydrogen-bond acceptors (Lipinski definition) is 2. The molecule has 0 aromatic heterocycles. The third-order valence-corrected chi connectivity index (χ3v) is 1.40. The summed E-state index contributed by atoms with van der Waals surface area (Å²) in [5, 5.41) is 0. The molecule has 4 heteroatoms. The number of hydrazine groups is 1. The molecule has 56 valence electrons. The Morgan fingerprint density at radius 1 is 0.900 bits per heavy atom. The molecule has 0 atom stereocenters. The highest BCUT2D eigenvalue weighted by molar-refractivity contribution is 5.82. The van der Waals surface area contributed by atoms with Gasteiger partial charge in [-0.2, -0.15) is 0 Å². The van der Waals surface area contributed by atoms with Crippen LogP contribution in [0.2, 0.25) is 0 Å². The van der Waals surface area contributed by atoms with E-state index < -0.39 is 0 Å². The molecule has 1 saturated heterocycles. The van der Waals surface area contributed by atoms with E-state index in [9.17, 15) is 9.59 Å². The zero-order valence-corrected chi connectivity index (χ0v) is 5.64. The molecule has 0 aromatic carbocycles. The molecule has 0 aliphatic carbocycles. The smallest absolute Gasteiger partial charge is 0.238 e. The Bertz CT molecular complexity index is 138. The largest absolute Gasteiger partial charge is 0.273 e. The first-order valence-corrected chi connectivity index (χ1v) is 3.37. The molecule has 2 N–H and O–H groups in total. The molecule has 0 aromatic rings. The Kier molecular flexibility index (Phi) is 2.25. The van der Waals surface area contributed by atoms with Crippen LogP contribution in [0, 0.1) is 0 Å². The predicted molar refractivity (Wildman–Crippen MR) is 34.8 cm³/mol. The molecule has 0 radical (unpaired) electrons. The fraction of sp³-hybridized carbons (Fsp3) is 0.667. The van der Waals surface area contributed by atoms with Crippen LogP contribution in [-0.2, 0) is 9.59 Å². The van der Waals surface area contributed by atoms with Gasteiger partial charge in [0.05, 0.1) is 0 Å². The maximum atomic E-state index is 10.7. The molecule has 0 spiro atoms. The van der Waals surface area contributed by atoms with E-state index in [1.807, 2.05) is 0 Å². The second-order valence-electron chi connectivity index (χ2n) is 2.30. The molecule has 4 nitrogen and oxygen atoms in total. The minimum absolute atomic E-state index is 0.104. The van der Waals surface area contributed by atoms with Gasteiger partial charge in [-0.15, -0.1) is 0 Å². The van der Waals surface area contributed by atoms with Crippen molar-refractivity contribution in [2.24, 2.45) is 0 Å². The van der Waals surface area contributed by atoms with Crippen molar-refractivity contribution in [1.82, 2.24) is 10.9 Å². The van der Waals surface area contributed by atoms with Gasteiger partial charge in [0.25, 0.3) is 0 Å². The highest BCUT2D eigenvalue weighted by atomic mass is 16.2. The Morgan fingerprint density at radius 2 is 1.30 bits per heavy atom. The first-order valence-electron chi connectivity index (χ1n) is 3.37. The summed E-state index contributed by atoms with van der Waals surface area (Å²) in [5.41, 5.74) is 4.59. The maximum Gasteiger partial charge on any atom is 0.238 e. The molecule has 0 bridgehead atoms. The zero-order chi connectivity index (χ0) is 7.40. The molecule has 1 fully saturated rings. The van der Waals surface area contributed by atoms with Crippen LogP contribution in [-0.4, -0.2) is 11.8 Å². The van der Waals surface area contributed by atoms with Crippen LogP contribution in [0.1, 0.15) is 25.7 Å². The average Bonchev–Trinajstić information content (AvgIpc) is 1.90. The third-order valence-electron chi connectivity index (χ3n) is 1.40. The number of hydrogen-bond donors (Lipinski definition) is 2. The molecule has 1 heterocycles. The van der Waals surface area contributed by atoms with Crippen molar-refractivity contribution < 1.29 is 9.59 Å². The van der Waals surface area contributed by atoms with Crippen LogP contribution in [0.25, 0.3) is 0 Å². The molecule has 1 rings (SSSR count). The van der Waals surface area contributed by atoms with E-state index in [1.54, 1.807) is 0 Å². The van der Waals surface area contributed by atoms with E-state index in [1.165, 1.54) is 0 Å². The van der Waals surface area contributed by atoms with Crippen molar-refractivity contribution in [1.29, 1.82) is 0 Å². The minimum atomic E-state index is -0.104. The van der Waals surface area contributed by atoms with Crippen LogP contribution < -0.4 is 10.9 Å². The SMILES string of the molecule is O=C1CCCCC(=O)NN1. The van der Waals surface area contributed by atoms with Gasteiger partial charge in [-0.3, -0.25) is 20.4 Å². The average molecular weight is 142 g/mol. The molecule has 10 heavy (non-hydrogen) atoms. The van der Waals surface area contributed by atoms with Gasteiger partial charge in [-0.1, -0.05) is 0 Å². The van der Waals surface area contributed by atoms with E-state index in [2.05, 4.69) is 10.9 Å². The second kappa shape index (κ2) is 3.20. The van der Waals surface area contributed by atoms with E-state index in [-0.39, 0.29) is 11.8 Å². The van der Waals surface area contributed by atoms with Crippen molar-refractivity contribution >= 4 is 11.8 Å². The number of rotatable bonds is 0. The Morgan fingerprint density at radius 3 is 1.70 bits per heavy atom. The summed E-state index contributed by atoms with van der Waals surface area (Å²) in [5.74, 6) is -0.207. The third kappa shape index (κ3) is 2.05. The summed E-state index contributed by atoms with van der Waals surface area (Å²) in [7, 11) is 0. The predicted octanol–water partition coefficient (Wildman–Crippen LogP) is -0.292. The molecule has 2 amide bonds. The van der Waals surface area contributed by atoms with Gasteiger partial charge >= 0.3 is 0 Å². The highest BCUT2D eigenvalue weighted by Gasteiger charge is 2.08. The van der Waals surface area contributed by atoms with Crippen LogP contribution in [0.5, 0.6) is 0 Å². The Hall–Kier alpha value is -1.06. The lowest BCUT2D eigenvalue weighted by atomic mass is 10.2. The summed E-state index contributed by atoms with van der Waals surface area (Å²) in [6.07, 6.45) is 2.64. The quantitative estimate of drug-likeness (QED) is 0.488. The minimum Gasteiger partial charge on any atom is -0.273 e. The second-order valence-corrected chi connectivity index (χ2v) is 2.30. The summed E-state index contributed by atoms with van der Waals surface area (Å²) >= 11 is 0. The fourth-order valence-electron chi connectivity index (χ4n) is 0.836. The summed E-state index contributed by atoms with van der Waals surface area (Å²) < 4.78 is 0. The van der Waals surface area contributed by atoms with Crippen molar-refractivity contribution in [3.8, 4) is 0 Å². The van der Waals surface area contributed by atoms with E-state index in [0.717, 1.165) is 12.8 Å². The molecule has 1 aliphatic heterocycles.